The number of nitrogens with one attached hydrogen (secondary N) is 1. The van der Waals surface area contributed by atoms with Crippen molar-refractivity contribution < 1.29 is 4.92 Å². The van der Waals surface area contributed by atoms with Gasteiger partial charge in [0.25, 0.3) is 5.69 Å². The van der Waals surface area contributed by atoms with E-state index in [4.69, 9.17) is 12.2 Å². The van der Waals surface area contributed by atoms with E-state index in [2.05, 4.69) is 52.9 Å². The van der Waals surface area contributed by atoms with Gasteiger partial charge >= 0.3 is 0 Å². The fraction of sp³-hybridized carbons (Fsp3) is 0.261. The SMILES string of the molecule is CCc1cccc(C)c1NC(=S)N1CCn2cccc2[C@@H]1c1cccc([N+](=O)[O-])c1. The van der Waals surface area contributed by atoms with Crippen molar-refractivity contribution in [3.63, 3.8) is 0 Å². The number of rotatable bonds is 4. The van der Waals surface area contributed by atoms with Crippen LogP contribution in [0.4, 0.5) is 11.4 Å². The standard InChI is InChI=1S/C23H24N4O2S/c1-3-17-8-4-7-16(2)21(17)24-23(30)26-14-13-25-12-6-11-20(25)22(26)18-9-5-10-19(15-18)27(28)29/h4-12,15,22H,3,13-14H2,1-2H3,(H,24,30)/t22-/m0/s1. The summed E-state index contributed by atoms with van der Waals surface area (Å²) in [5.41, 5.74) is 5.42. The Labute approximate surface area is 181 Å². The number of nitro benzene ring substituents is 1. The number of hydrogen-bond acceptors (Lipinski definition) is 3. The third kappa shape index (κ3) is 3.68. The average molecular weight is 421 g/mol. The molecule has 0 unspecified atom stereocenters. The summed E-state index contributed by atoms with van der Waals surface area (Å²) in [6, 6.07) is 17.0. The van der Waals surface area contributed by atoms with Gasteiger partial charge in [0.2, 0.25) is 0 Å². The fourth-order valence-corrected chi connectivity index (χ4v) is 4.44. The highest BCUT2D eigenvalue weighted by Gasteiger charge is 2.31. The van der Waals surface area contributed by atoms with Gasteiger partial charge in [-0.15, -0.1) is 0 Å². The number of para-hydroxylation sites is 1. The lowest BCUT2D eigenvalue weighted by atomic mass is 9.99. The van der Waals surface area contributed by atoms with Crippen LogP contribution < -0.4 is 5.32 Å². The molecular formula is C23H24N4O2S. The summed E-state index contributed by atoms with van der Waals surface area (Å²) in [5.74, 6) is 0. The summed E-state index contributed by atoms with van der Waals surface area (Å²) >= 11 is 5.86. The van der Waals surface area contributed by atoms with Crippen molar-refractivity contribution in [3.8, 4) is 0 Å². The summed E-state index contributed by atoms with van der Waals surface area (Å²) in [4.78, 5) is 13.1. The molecule has 2 heterocycles. The lowest BCUT2D eigenvalue weighted by Crippen LogP contribution is -2.44. The normalized spacial score (nSPS) is 15.5. The number of nitrogens with zero attached hydrogens (tertiary/aromatic N) is 3. The van der Waals surface area contributed by atoms with E-state index in [0.717, 1.165) is 35.5 Å². The number of benzene rings is 2. The van der Waals surface area contributed by atoms with Crippen LogP contribution in [-0.4, -0.2) is 26.0 Å². The van der Waals surface area contributed by atoms with Crippen molar-refractivity contribution in [1.29, 1.82) is 0 Å². The molecule has 0 radical (unpaired) electrons. The molecule has 0 aliphatic carbocycles. The maximum Gasteiger partial charge on any atom is 0.269 e. The van der Waals surface area contributed by atoms with Crippen LogP contribution in [0.15, 0.2) is 60.8 Å². The molecule has 1 aliphatic heterocycles. The van der Waals surface area contributed by atoms with Crippen LogP contribution in [0.5, 0.6) is 0 Å². The number of aryl methyl sites for hydroxylation is 2. The van der Waals surface area contributed by atoms with Crippen molar-refractivity contribution in [2.45, 2.75) is 32.9 Å². The monoisotopic (exact) mass is 420 g/mol. The van der Waals surface area contributed by atoms with Crippen LogP contribution >= 0.6 is 12.2 Å². The van der Waals surface area contributed by atoms with E-state index in [-0.39, 0.29) is 16.7 Å². The molecule has 30 heavy (non-hydrogen) atoms. The molecular weight excluding hydrogens is 396 g/mol. The number of nitro groups is 1. The van der Waals surface area contributed by atoms with Crippen LogP contribution in [0.2, 0.25) is 0 Å². The Hall–Kier alpha value is -3.19. The second-order valence-electron chi connectivity index (χ2n) is 7.47. The zero-order valence-electron chi connectivity index (χ0n) is 17.0. The third-order valence-electron chi connectivity index (χ3n) is 5.67. The van der Waals surface area contributed by atoms with Crippen molar-refractivity contribution in [2.75, 3.05) is 11.9 Å². The van der Waals surface area contributed by atoms with E-state index in [1.165, 1.54) is 11.6 Å². The molecule has 0 saturated carbocycles. The maximum atomic E-state index is 11.3. The molecule has 1 atom stereocenters. The minimum absolute atomic E-state index is 0.0854. The molecule has 4 rings (SSSR count). The highest BCUT2D eigenvalue weighted by atomic mass is 32.1. The van der Waals surface area contributed by atoms with Gasteiger partial charge in [-0.2, -0.15) is 0 Å². The van der Waals surface area contributed by atoms with Gasteiger partial charge in [0.05, 0.1) is 11.0 Å². The van der Waals surface area contributed by atoms with Crippen LogP contribution in [0.3, 0.4) is 0 Å². The van der Waals surface area contributed by atoms with E-state index < -0.39 is 0 Å². The quantitative estimate of drug-likeness (QED) is 0.363. The Morgan fingerprint density at radius 1 is 1.20 bits per heavy atom. The molecule has 0 saturated heterocycles. The summed E-state index contributed by atoms with van der Waals surface area (Å²) in [6.07, 6.45) is 2.95. The predicted octanol–water partition coefficient (Wildman–Crippen LogP) is 5.07. The van der Waals surface area contributed by atoms with Gasteiger partial charge in [-0.1, -0.05) is 37.3 Å². The number of thiocarbonyl (C=S) groups is 1. The molecule has 7 heteroatoms. The van der Waals surface area contributed by atoms with Gasteiger partial charge in [0.1, 0.15) is 0 Å². The molecule has 0 spiro atoms. The van der Waals surface area contributed by atoms with Crippen molar-refractivity contribution in [1.82, 2.24) is 9.47 Å². The highest BCUT2D eigenvalue weighted by molar-refractivity contribution is 7.80. The van der Waals surface area contributed by atoms with Crippen LogP contribution in [0, 0.1) is 17.0 Å². The van der Waals surface area contributed by atoms with E-state index in [1.54, 1.807) is 12.1 Å². The number of anilines is 1. The molecule has 0 bridgehead atoms. The number of hydrogen-bond donors (Lipinski definition) is 1. The first-order valence-electron chi connectivity index (χ1n) is 10.0. The Morgan fingerprint density at radius 2 is 2.00 bits per heavy atom. The Balaban J connectivity index is 1.73. The molecule has 0 fully saturated rings. The van der Waals surface area contributed by atoms with Crippen molar-refractivity contribution in [3.05, 3.63) is 93.3 Å². The van der Waals surface area contributed by atoms with Gasteiger partial charge in [-0.05, 0) is 54.4 Å². The van der Waals surface area contributed by atoms with Crippen LogP contribution in [0.1, 0.15) is 35.3 Å². The summed E-state index contributed by atoms with van der Waals surface area (Å²) in [5, 5.41) is 15.4. The molecule has 0 amide bonds. The van der Waals surface area contributed by atoms with E-state index in [9.17, 15) is 10.1 Å². The molecule has 2 aromatic carbocycles. The minimum Gasteiger partial charge on any atom is -0.348 e. The first-order chi connectivity index (χ1) is 14.5. The number of aromatic nitrogens is 1. The zero-order valence-corrected chi connectivity index (χ0v) is 17.9. The molecule has 6 nitrogen and oxygen atoms in total. The lowest BCUT2D eigenvalue weighted by Gasteiger charge is -2.39. The molecule has 3 aromatic rings. The highest BCUT2D eigenvalue weighted by Crippen LogP contribution is 2.35. The van der Waals surface area contributed by atoms with Crippen molar-refractivity contribution >= 4 is 28.7 Å². The third-order valence-corrected chi connectivity index (χ3v) is 6.00. The minimum atomic E-state index is -0.354. The smallest absolute Gasteiger partial charge is 0.269 e. The molecule has 1 N–H and O–H groups in total. The van der Waals surface area contributed by atoms with Crippen LogP contribution in [0.25, 0.3) is 0 Å². The van der Waals surface area contributed by atoms with E-state index in [0.29, 0.717) is 11.7 Å². The van der Waals surface area contributed by atoms with Gasteiger partial charge in [-0.25, -0.2) is 0 Å². The van der Waals surface area contributed by atoms with E-state index in [1.807, 2.05) is 18.3 Å². The Kier molecular flexibility index (Phi) is 5.55. The van der Waals surface area contributed by atoms with Gasteiger partial charge in [0, 0.05) is 42.8 Å². The summed E-state index contributed by atoms with van der Waals surface area (Å²) < 4.78 is 2.19. The molecule has 1 aromatic heterocycles. The molecule has 154 valence electrons. The number of fused-ring (bicyclic) bond motifs is 1. The first kappa shape index (κ1) is 20.1. The largest absolute Gasteiger partial charge is 0.348 e. The number of non-ortho nitro benzene ring substituents is 1. The van der Waals surface area contributed by atoms with E-state index >= 15 is 0 Å². The Bertz CT molecular complexity index is 1110. The van der Waals surface area contributed by atoms with Gasteiger partial charge < -0.3 is 14.8 Å². The van der Waals surface area contributed by atoms with Crippen molar-refractivity contribution in [2.24, 2.45) is 0 Å². The Morgan fingerprint density at radius 3 is 2.77 bits per heavy atom. The maximum absolute atomic E-state index is 11.3. The predicted molar refractivity (Wildman–Crippen MR) is 123 cm³/mol. The zero-order chi connectivity index (χ0) is 21.3. The topological polar surface area (TPSA) is 63.3 Å². The summed E-state index contributed by atoms with van der Waals surface area (Å²) in [6.45, 7) is 5.73. The second kappa shape index (κ2) is 8.28. The molecule has 1 aliphatic rings. The van der Waals surface area contributed by atoms with Gasteiger partial charge in [-0.3, -0.25) is 10.1 Å². The fourth-order valence-electron chi connectivity index (χ4n) is 4.14. The summed E-state index contributed by atoms with van der Waals surface area (Å²) in [7, 11) is 0. The lowest BCUT2D eigenvalue weighted by molar-refractivity contribution is -0.384. The van der Waals surface area contributed by atoms with Gasteiger partial charge in [0.15, 0.2) is 5.11 Å². The van der Waals surface area contributed by atoms with Crippen LogP contribution in [-0.2, 0) is 13.0 Å². The first-order valence-corrected chi connectivity index (χ1v) is 10.5. The average Bonchev–Trinajstić information content (AvgIpc) is 3.23. The second-order valence-corrected chi connectivity index (χ2v) is 7.85.